The number of imide groups is 1. The summed E-state index contributed by atoms with van der Waals surface area (Å²) in [6.45, 7) is 2.26. The summed E-state index contributed by atoms with van der Waals surface area (Å²) in [5, 5.41) is 4.11. The van der Waals surface area contributed by atoms with Crippen LogP contribution in [0.5, 0.6) is 5.75 Å². The molecular weight excluding hydrogens is 384 g/mol. The summed E-state index contributed by atoms with van der Waals surface area (Å²) < 4.78 is 5.55. The highest BCUT2D eigenvalue weighted by atomic mass is 32.2. The van der Waals surface area contributed by atoms with Crippen LogP contribution < -0.4 is 10.1 Å². The van der Waals surface area contributed by atoms with E-state index in [0.717, 1.165) is 32.9 Å². The number of nitrogens with one attached hydrogen (secondary N) is 1. The summed E-state index contributed by atoms with van der Waals surface area (Å²) in [5.74, 6) is -0.110. The summed E-state index contributed by atoms with van der Waals surface area (Å²) in [5.41, 5.74) is 1.09. The monoisotopic (exact) mass is 402 g/mol. The molecule has 3 amide bonds. The average Bonchev–Trinajstić information content (AvgIpc) is 3.23. The molecule has 6 nitrogen and oxygen atoms in total. The molecule has 1 aromatic heterocycles. The molecule has 1 N–H and O–H groups in total. The lowest BCUT2D eigenvalue weighted by Gasteiger charge is -2.13. The van der Waals surface area contributed by atoms with E-state index in [2.05, 4.69) is 5.32 Å². The largest absolute Gasteiger partial charge is 0.492 e. The van der Waals surface area contributed by atoms with E-state index < -0.39 is 17.1 Å². The number of nitrogens with zero attached hydrogens (tertiary/aromatic N) is 1. The number of aryl methyl sites for hydroxylation is 1. The lowest BCUT2D eigenvalue weighted by molar-refractivity contribution is -0.129. The van der Waals surface area contributed by atoms with E-state index in [1.165, 1.54) is 11.3 Å². The normalized spacial score (nSPS) is 15.4. The van der Waals surface area contributed by atoms with E-state index in [-0.39, 0.29) is 13.1 Å². The zero-order chi connectivity index (χ0) is 19.2. The second-order valence-electron chi connectivity index (χ2n) is 5.80. The van der Waals surface area contributed by atoms with Crippen molar-refractivity contribution in [2.24, 2.45) is 0 Å². The number of amides is 3. The molecule has 3 rings (SSSR count). The van der Waals surface area contributed by atoms with Crippen LogP contribution in [0, 0.1) is 6.92 Å². The van der Waals surface area contributed by atoms with Gasteiger partial charge in [0.25, 0.3) is 11.1 Å². The minimum atomic E-state index is -0.440. The molecule has 0 atom stereocenters. The van der Waals surface area contributed by atoms with E-state index in [4.69, 9.17) is 4.74 Å². The number of hydrogen-bond acceptors (Lipinski definition) is 6. The molecule has 1 saturated heterocycles. The second-order valence-corrected chi connectivity index (χ2v) is 7.77. The predicted molar refractivity (Wildman–Crippen MR) is 107 cm³/mol. The Morgan fingerprint density at radius 3 is 2.85 bits per heavy atom. The number of benzene rings is 1. The highest BCUT2D eigenvalue weighted by Crippen LogP contribution is 2.32. The second kappa shape index (κ2) is 8.88. The quantitative estimate of drug-likeness (QED) is 0.568. The molecular formula is C19H18N2O4S2. The Balaban J connectivity index is 1.46. The number of thioether (sulfide) groups is 1. The van der Waals surface area contributed by atoms with Crippen molar-refractivity contribution >= 4 is 46.2 Å². The fraction of sp³-hybridized carbons (Fsp3) is 0.211. The van der Waals surface area contributed by atoms with E-state index in [9.17, 15) is 14.4 Å². The summed E-state index contributed by atoms with van der Waals surface area (Å²) in [4.78, 5) is 38.6. The molecule has 1 aliphatic rings. The number of ether oxygens (including phenoxy) is 1. The van der Waals surface area contributed by atoms with Crippen LogP contribution >= 0.6 is 23.1 Å². The predicted octanol–water partition coefficient (Wildman–Crippen LogP) is 3.29. The Labute approximate surface area is 165 Å². The van der Waals surface area contributed by atoms with E-state index in [1.54, 1.807) is 6.08 Å². The zero-order valence-electron chi connectivity index (χ0n) is 14.6. The first-order valence-electron chi connectivity index (χ1n) is 8.28. The standard InChI is InChI=1S/C19H18N2O4S2/c1-13-4-2-5-14(10-13)25-8-7-20-17(22)12-21-18(23)16(27-19(21)24)11-15-6-3-9-26-15/h2-6,9-11H,7-8,12H2,1H3,(H,20,22)/b16-11-. The maximum Gasteiger partial charge on any atom is 0.294 e. The zero-order valence-corrected chi connectivity index (χ0v) is 16.3. The van der Waals surface area contributed by atoms with Gasteiger partial charge in [0.1, 0.15) is 18.9 Å². The van der Waals surface area contributed by atoms with Crippen molar-refractivity contribution in [2.75, 3.05) is 19.7 Å². The molecule has 0 bridgehead atoms. The minimum Gasteiger partial charge on any atom is -0.492 e. The highest BCUT2D eigenvalue weighted by Gasteiger charge is 2.36. The molecule has 1 fully saturated rings. The number of thiophene rings is 1. The molecule has 2 aromatic rings. The van der Waals surface area contributed by atoms with Gasteiger partial charge >= 0.3 is 0 Å². The van der Waals surface area contributed by atoms with Gasteiger partial charge in [-0.2, -0.15) is 0 Å². The third kappa shape index (κ3) is 5.21. The van der Waals surface area contributed by atoms with Crippen molar-refractivity contribution < 1.29 is 19.1 Å². The molecule has 1 aromatic carbocycles. The van der Waals surface area contributed by atoms with Gasteiger partial charge in [-0.1, -0.05) is 18.2 Å². The van der Waals surface area contributed by atoms with Crippen LogP contribution in [0.15, 0.2) is 46.7 Å². The third-order valence-electron chi connectivity index (χ3n) is 3.67. The summed E-state index contributed by atoms with van der Waals surface area (Å²) in [6.07, 6.45) is 1.67. The molecule has 0 saturated carbocycles. The van der Waals surface area contributed by atoms with Gasteiger partial charge < -0.3 is 10.1 Å². The molecule has 0 radical (unpaired) electrons. The first-order valence-corrected chi connectivity index (χ1v) is 9.97. The van der Waals surface area contributed by atoms with E-state index in [1.807, 2.05) is 48.7 Å². The first kappa shape index (κ1) is 19.2. The lowest BCUT2D eigenvalue weighted by Crippen LogP contribution is -2.40. The van der Waals surface area contributed by atoms with Gasteiger partial charge in [0.2, 0.25) is 5.91 Å². The molecule has 2 heterocycles. The van der Waals surface area contributed by atoms with Gasteiger partial charge in [-0.3, -0.25) is 19.3 Å². The van der Waals surface area contributed by atoms with Crippen LogP contribution in [0.1, 0.15) is 10.4 Å². The fourth-order valence-corrected chi connectivity index (χ4v) is 3.96. The minimum absolute atomic E-state index is 0.286. The maximum absolute atomic E-state index is 12.3. The Kier molecular flexibility index (Phi) is 6.31. The van der Waals surface area contributed by atoms with Gasteiger partial charge in [-0.25, -0.2) is 0 Å². The Hall–Kier alpha value is -2.58. The first-order chi connectivity index (χ1) is 13.0. The van der Waals surface area contributed by atoms with Gasteiger partial charge in [0, 0.05) is 4.88 Å². The number of carbonyl (C=O) groups excluding carboxylic acids is 3. The number of hydrogen-bond donors (Lipinski definition) is 1. The van der Waals surface area contributed by atoms with Crippen LogP contribution in [-0.4, -0.2) is 41.6 Å². The number of carbonyl (C=O) groups is 3. The third-order valence-corrected chi connectivity index (χ3v) is 5.40. The molecule has 8 heteroatoms. The molecule has 0 aliphatic carbocycles. The fourth-order valence-electron chi connectivity index (χ4n) is 2.40. The van der Waals surface area contributed by atoms with Crippen molar-refractivity contribution in [3.8, 4) is 5.75 Å². The molecule has 27 heavy (non-hydrogen) atoms. The van der Waals surface area contributed by atoms with Crippen LogP contribution in [-0.2, 0) is 9.59 Å². The molecule has 1 aliphatic heterocycles. The smallest absolute Gasteiger partial charge is 0.294 e. The van der Waals surface area contributed by atoms with Crippen molar-refractivity contribution in [1.82, 2.24) is 10.2 Å². The van der Waals surface area contributed by atoms with Gasteiger partial charge in [0.15, 0.2) is 0 Å². The lowest BCUT2D eigenvalue weighted by atomic mass is 10.2. The Morgan fingerprint density at radius 2 is 2.11 bits per heavy atom. The van der Waals surface area contributed by atoms with E-state index in [0.29, 0.717) is 11.5 Å². The SMILES string of the molecule is Cc1cccc(OCCNC(=O)CN2C(=O)S/C(=C\c3cccs3)C2=O)c1. The molecule has 0 spiro atoms. The summed E-state index contributed by atoms with van der Waals surface area (Å²) in [7, 11) is 0. The number of rotatable bonds is 7. The van der Waals surface area contributed by atoms with Crippen LogP contribution in [0.25, 0.3) is 6.08 Å². The molecule has 140 valence electrons. The van der Waals surface area contributed by atoms with Crippen molar-refractivity contribution in [3.63, 3.8) is 0 Å². The Morgan fingerprint density at radius 1 is 1.26 bits per heavy atom. The molecule has 0 unspecified atom stereocenters. The van der Waals surface area contributed by atoms with Crippen LogP contribution in [0.2, 0.25) is 0 Å². The highest BCUT2D eigenvalue weighted by molar-refractivity contribution is 8.18. The van der Waals surface area contributed by atoms with Crippen LogP contribution in [0.3, 0.4) is 0 Å². The van der Waals surface area contributed by atoms with Crippen molar-refractivity contribution in [2.45, 2.75) is 6.92 Å². The van der Waals surface area contributed by atoms with E-state index >= 15 is 0 Å². The summed E-state index contributed by atoms with van der Waals surface area (Å²) >= 11 is 2.33. The van der Waals surface area contributed by atoms with Gasteiger partial charge in [0.05, 0.1) is 11.4 Å². The summed E-state index contributed by atoms with van der Waals surface area (Å²) in [6, 6.07) is 11.3. The van der Waals surface area contributed by atoms with Crippen LogP contribution in [0.4, 0.5) is 4.79 Å². The van der Waals surface area contributed by atoms with Gasteiger partial charge in [-0.05, 0) is 53.9 Å². The average molecular weight is 402 g/mol. The maximum atomic E-state index is 12.3. The van der Waals surface area contributed by atoms with Crippen molar-refractivity contribution in [3.05, 3.63) is 57.1 Å². The topological polar surface area (TPSA) is 75.7 Å². The van der Waals surface area contributed by atoms with Gasteiger partial charge in [-0.15, -0.1) is 11.3 Å². The Bertz CT molecular complexity index is 878. The van der Waals surface area contributed by atoms with Crippen molar-refractivity contribution in [1.29, 1.82) is 0 Å².